The molecule has 0 radical (unpaired) electrons. The van der Waals surface area contributed by atoms with Crippen LogP contribution in [0.25, 0.3) is 0 Å². The molecule has 2 aliphatic carbocycles. The lowest BCUT2D eigenvalue weighted by atomic mass is 9.86. The molecule has 2 heterocycles. The normalized spacial score (nSPS) is 43.9. The maximum absolute atomic E-state index is 7.06. The number of rotatable bonds is 8. The predicted molar refractivity (Wildman–Crippen MR) is 173 cm³/mol. The Kier molecular flexibility index (Phi) is 10.7. The second-order valence-corrected chi connectivity index (χ2v) is 22.6. The molecule has 10 heteroatoms. The van der Waals surface area contributed by atoms with Crippen LogP contribution in [0.3, 0.4) is 0 Å². The second-order valence-electron chi connectivity index (χ2n) is 15.2. The average molecular weight is 635 g/mol. The molecule has 0 spiro atoms. The topological polar surface area (TPSA) is 55.4 Å². The van der Waals surface area contributed by atoms with Crippen LogP contribution in [-0.4, -0.2) is 69.2 Å². The van der Waals surface area contributed by atoms with Gasteiger partial charge in [-0.1, -0.05) is 12.8 Å². The molecule has 234 valence electrons. The Hall–Kier alpha value is 0.894. The molecule has 0 aromatic rings. The lowest BCUT2D eigenvalue weighted by Crippen LogP contribution is -2.64. The van der Waals surface area contributed by atoms with Gasteiger partial charge in [-0.2, -0.15) is 25.3 Å². The van der Waals surface area contributed by atoms with Crippen LogP contribution in [0, 0.1) is 5.92 Å². The number of hydrogen-bond acceptors (Lipinski definition) is 8. The number of hydrogen-bond donors (Lipinski definition) is 2. The van der Waals surface area contributed by atoms with E-state index in [2.05, 4.69) is 62.3 Å². The Labute approximate surface area is 259 Å². The molecule has 40 heavy (non-hydrogen) atoms. The van der Waals surface area contributed by atoms with E-state index < -0.39 is 29.9 Å². The molecule has 2 saturated carbocycles. The number of thiol groups is 2. The fraction of sp³-hybridized carbons (Fsp3) is 1.00. The molecule has 0 aromatic heterocycles. The molecule has 4 aliphatic rings. The van der Waals surface area contributed by atoms with Crippen LogP contribution in [0.4, 0.5) is 0 Å². The van der Waals surface area contributed by atoms with E-state index in [1.54, 1.807) is 0 Å². The summed E-state index contributed by atoms with van der Waals surface area (Å²) in [7, 11) is -3.59. The SMILES string of the molecule is CC(CC(C)(C)OC1(C2CCCC(S)C2)OC(C)[SiH2]C(C)(C)O1)O[Si]1(C2CCCC(S)C2)OC(C)CC(C)(C)O1. The summed E-state index contributed by atoms with van der Waals surface area (Å²) in [5.41, 5.74) is -0.378. The molecule has 0 bridgehead atoms. The molecule has 0 N–H and O–H groups in total. The molecule has 9 atom stereocenters. The molecular weight excluding hydrogens is 577 g/mol. The molecule has 4 fully saturated rings. The minimum atomic E-state index is -3.00. The van der Waals surface area contributed by atoms with Crippen molar-refractivity contribution in [3.8, 4) is 0 Å². The van der Waals surface area contributed by atoms with Gasteiger partial charge in [0.2, 0.25) is 0 Å². The summed E-state index contributed by atoms with van der Waals surface area (Å²) >= 11 is 9.73. The van der Waals surface area contributed by atoms with Gasteiger partial charge in [-0.05, 0) is 107 Å². The van der Waals surface area contributed by atoms with Gasteiger partial charge < -0.3 is 27.5 Å². The van der Waals surface area contributed by atoms with Crippen molar-refractivity contribution in [1.29, 1.82) is 0 Å². The predicted octanol–water partition coefficient (Wildman–Crippen LogP) is 6.80. The van der Waals surface area contributed by atoms with Crippen LogP contribution in [0.2, 0.25) is 5.54 Å². The molecule has 0 amide bonds. The maximum Gasteiger partial charge on any atom is 0.505 e. The van der Waals surface area contributed by atoms with Gasteiger partial charge in [-0.25, -0.2) is 0 Å². The van der Waals surface area contributed by atoms with Crippen molar-refractivity contribution in [2.75, 3.05) is 0 Å². The molecule has 4 rings (SSSR count). The Bertz CT molecular complexity index is 862. The van der Waals surface area contributed by atoms with Crippen molar-refractivity contribution in [3.05, 3.63) is 0 Å². The second kappa shape index (κ2) is 12.7. The van der Waals surface area contributed by atoms with E-state index >= 15 is 0 Å². The van der Waals surface area contributed by atoms with Gasteiger partial charge in [0.05, 0.1) is 25.9 Å². The summed E-state index contributed by atoms with van der Waals surface area (Å²) in [6.07, 6.45) is 10.1. The standard InChI is InChI=1S/C30H58O6S2Si2/c1-20(32-40(26-15-11-14-25(38)17-26)33-21(2)19-28(6,7)36-40)18-27(4,5)34-30(23-12-10-13-24(37)16-23)31-22(3)39-29(8,9)35-30/h20-26,37-38H,10-19,39H2,1-9H3. The van der Waals surface area contributed by atoms with Gasteiger partial charge in [0, 0.05) is 46.3 Å². The molecule has 0 aromatic carbocycles. The zero-order chi connectivity index (χ0) is 29.6. The summed E-state index contributed by atoms with van der Waals surface area (Å²) in [5.74, 6) is -0.914. The van der Waals surface area contributed by atoms with E-state index in [1.807, 2.05) is 0 Å². The van der Waals surface area contributed by atoms with E-state index in [0.717, 1.165) is 57.8 Å². The van der Waals surface area contributed by atoms with E-state index in [-0.39, 0.29) is 40.2 Å². The van der Waals surface area contributed by atoms with Crippen LogP contribution in [0.5, 0.6) is 0 Å². The van der Waals surface area contributed by atoms with Gasteiger partial charge in [-0.15, -0.1) is 0 Å². The lowest BCUT2D eigenvalue weighted by Gasteiger charge is -2.54. The van der Waals surface area contributed by atoms with Crippen LogP contribution in [0.1, 0.15) is 127 Å². The highest BCUT2D eigenvalue weighted by molar-refractivity contribution is 7.81. The smallest absolute Gasteiger partial charge is 0.370 e. The first-order chi connectivity index (χ1) is 18.4. The van der Waals surface area contributed by atoms with Gasteiger partial charge >= 0.3 is 8.80 Å². The van der Waals surface area contributed by atoms with E-state index in [9.17, 15) is 0 Å². The number of ether oxygens (including phenoxy) is 3. The monoisotopic (exact) mass is 634 g/mol. The third-order valence-electron chi connectivity index (χ3n) is 8.98. The van der Waals surface area contributed by atoms with Gasteiger partial charge in [0.15, 0.2) is 0 Å². The fourth-order valence-corrected chi connectivity index (χ4v) is 15.0. The third kappa shape index (κ3) is 8.53. The van der Waals surface area contributed by atoms with E-state index in [1.165, 1.54) is 0 Å². The fourth-order valence-electron chi connectivity index (χ4n) is 7.98. The van der Waals surface area contributed by atoms with Crippen LogP contribution >= 0.6 is 25.3 Å². The largest absolute Gasteiger partial charge is 0.505 e. The summed E-state index contributed by atoms with van der Waals surface area (Å²) in [4.78, 5) is 0. The van der Waals surface area contributed by atoms with Crippen molar-refractivity contribution >= 4 is 43.6 Å². The zero-order valence-corrected chi connectivity index (χ0v) is 30.9. The van der Waals surface area contributed by atoms with Crippen molar-refractivity contribution in [3.63, 3.8) is 0 Å². The first-order valence-corrected chi connectivity index (χ1v) is 20.3. The quantitative estimate of drug-likeness (QED) is 0.226. The summed E-state index contributed by atoms with van der Waals surface area (Å²) in [6.45, 7) is 19.6. The Morgan fingerprint density at radius 3 is 2.25 bits per heavy atom. The van der Waals surface area contributed by atoms with Crippen molar-refractivity contribution in [1.82, 2.24) is 0 Å². The average Bonchev–Trinajstić information content (AvgIpc) is 2.75. The van der Waals surface area contributed by atoms with Crippen LogP contribution in [0.15, 0.2) is 0 Å². The Morgan fingerprint density at radius 2 is 1.65 bits per heavy atom. The highest BCUT2D eigenvalue weighted by Gasteiger charge is 2.59. The summed E-state index contributed by atoms with van der Waals surface area (Å²) in [6, 6.07) is 0. The highest BCUT2D eigenvalue weighted by atomic mass is 32.1. The van der Waals surface area contributed by atoms with Crippen molar-refractivity contribution in [2.45, 2.75) is 183 Å². The Balaban J connectivity index is 1.55. The highest BCUT2D eigenvalue weighted by Crippen LogP contribution is 2.49. The Morgan fingerprint density at radius 1 is 1.00 bits per heavy atom. The molecular formula is C30H58O6S2Si2. The molecule has 2 saturated heterocycles. The summed E-state index contributed by atoms with van der Waals surface area (Å²) < 4.78 is 41.3. The zero-order valence-electron chi connectivity index (χ0n) is 26.7. The van der Waals surface area contributed by atoms with Crippen LogP contribution in [-0.2, 0) is 27.5 Å². The van der Waals surface area contributed by atoms with Gasteiger partial charge in [0.25, 0.3) is 5.97 Å². The van der Waals surface area contributed by atoms with Gasteiger partial charge in [0.1, 0.15) is 0 Å². The molecule has 6 nitrogen and oxygen atoms in total. The maximum atomic E-state index is 7.06. The molecule has 2 aliphatic heterocycles. The van der Waals surface area contributed by atoms with Gasteiger partial charge in [-0.3, -0.25) is 0 Å². The minimum absolute atomic E-state index is 0.104. The lowest BCUT2D eigenvalue weighted by molar-refractivity contribution is -0.459. The first-order valence-electron chi connectivity index (χ1n) is 15.9. The summed E-state index contributed by atoms with van der Waals surface area (Å²) in [5, 5.41) is 0.513. The van der Waals surface area contributed by atoms with Crippen molar-refractivity contribution in [2.24, 2.45) is 5.92 Å². The first kappa shape index (κ1) is 33.8. The van der Waals surface area contributed by atoms with E-state index in [4.69, 9.17) is 52.7 Å². The molecule has 9 unspecified atom stereocenters. The minimum Gasteiger partial charge on any atom is -0.370 e. The third-order valence-corrected chi connectivity index (χ3v) is 15.6. The van der Waals surface area contributed by atoms with Crippen LogP contribution < -0.4 is 0 Å². The van der Waals surface area contributed by atoms with Crippen molar-refractivity contribution < 1.29 is 27.5 Å². The van der Waals surface area contributed by atoms with E-state index in [0.29, 0.717) is 16.9 Å².